The number of nitrogens with one attached hydrogen (secondary N) is 1. The summed E-state index contributed by atoms with van der Waals surface area (Å²) in [6.45, 7) is 0.435. The minimum Gasteiger partial charge on any atom is -0.322 e. The van der Waals surface area contributed by atoms with Gasteiger partial charge in [-0.25, -0.2) is 8.42 Å². The van der Waals surface area contributed by atoms with Crippen LogP contribution in [0.5, 0.6) is 0 Å². The third kappa shape index (κ3) is 3.64. The number of hydrogen-bond donors (Lipinski definition) is 1. The summed E-state index contributed by atoms with van der Waals surface area (Å²) in [6, 6.07) is 22.7. The summed E-state index contributed by atoms with van der Waals surface area (Å²) >= 11 is 0. The lowest BCUT2D eigenvalue weighted by atomic mass is 10.0. The fourth-order valence-corrected chi connectivity index (χ4v) is 4.40. The normalized spacial score (nSPS) is 13.2. The number of amides is 1. The number of fused-ring (bicyclic) bond motifs is 1. The van der Waals surface area contributed by atoms with Crippen molar-refractivity contribution in [3.63, 3.8) is 0 Å². The van der Waals surface area contributed by atoms with Gasteiger partial charge >= 0.3 is 0 Å². The Hall–Kier alpha value is -3.12. The molecule has 0 aliphatic carbocycles. The van der Waals surface area contributed by atoms with Crippen LogP contribution in [0.15, 0.2) is 72.8 Å². The molecule has 0 bridgehead atoms. The number of hydrogen-bond acceptors (Lipinski definition) is 3. The lowest BCUT2D eigenvalue weighted by molar-refractivity contribution is 0.102. The lowest BCUT2D eigenvalue weighted by Gasteiger charge is -2.17. The smallest absolute Gasteiger partial charge is 0.255 e. The average Bonchev–Trinajstić information content (AvgIpc) is 3.12. The van der Waals surface area contributed by atoms with E-state index in [0.717, 1.165) is 16.7 Å². The summed E-state index contributed by atoms with van der Waals surface area (Å²) in [5.41, 5.74) is 4.72. The standard InChI is InChI=1S/C22H20N2O3S/c1-28(26,27)24-13-12-17-10-11-20(15-21(17)24)23-22(25)19-9-5-8-18(14-19)16-6-3-2-4-7-16/h2-11,14-15H,12-13H2,1H3,(H,23,25). The highest BCUT2D eigenvalue weighted by Gasteiger charge is 2.26. The molecular formula is C22H20N2O3S. The lowest BCUT2D eigenvalue weighted by Crippen LogP contribution is -2.27. The first-order valence-corrected chi connectivity index (χ1v) is 10.8. The zero-order chi connectivity index (χ0) is 19.7. The molecule has 6 heteroatoms. The Morgan fingerprint density at radius 2 is 1.68 bits per heavy atom. The Morgan fingerprint density at radius 3 is 2.43 bits per heavy atom. The molecule has 0 atom stereocenters. The van der Waals surface area contributed by atoms with Gasteiger partial charge in [-0.2, -0.15) is 0 Å². The number of nitrogens with zero attached hydrogens (tertiary/aromatic N) is 1. The largest absolute Gasteiger partial charge is 0.322 e. The highest BCUT2D eigenvalue weighted by molar-refractivity contribution is 7.92. The number of carbonyl (C=O) groups excluding carboxylic acids is 1. The molecule has 0 saturated heterocycles. The summed E-state index contributed by atoms with van der Waals surface area (Å²) in [5, 5.41) is 2.88. The van der Waals surface area contributed by atoms with Crippen molar-refractivity contribution < 1.29 is 13.2 Å². The molecule has 0 aromatic heterocycles. The molecule has 0 saturated carbocycles. The Bertz CT molecular complexity index is 1140. The van der Waals surface area contributed by atoms with E-state index < -0.39 is 10.0 Å². The molecule has 1 aliphatic rings. The van der Waals surface area contributed by atoms with Gasteiger partial charge in [-0.3, -0.25) is 9.10 Å². The van der Waals surface area contributed by atoms with Crippen LogP contribution in [-0.2, 0) is 16.4 Å². The molecule has 1 N–H and O–H groups in total. The topological polar surface area (TPSA) is 66.5 Å². The molecule has 3 aromatic rings. The van der Waals surface area contributed by atoms with Gasteiger partial charge in [0.15, 0.2) is 0 Å². The highest BCUT2D eigenvalue weighted by atomic mass is 32.2. The zero-order valence-electron chi connectivity index (χ0n) is 15.4. The van der Waals surface area contributed by atoms with Gasteiger partial charge in [0, 0.05) is 17.8 Å². The van der Waals surface area contributed by atoms with Crippen molar-refractivity contribution in [3.05, 3.63) is 83.9 Å². The minimum atomic E-state index is -3.33. The van der Waals surface area contributed by atoms with Crippen molar-refractivity contribution >= 4 is 27.3 Å². The van der Waals surface area contributed by atoms with Crippen LogP contribution in [0.2, 0.25) is 0 Å². The van der Waals surface area contributed by atoms with Gasteiger partial charge < -0.3 is 5.32 Å². The zero-order valence-corrected chi connectivity index (χ0v) is 16.2. The molecule has 5 nitrogen and oxygen atoms in total. The van der Waals surface area contributed by atoms with Crippen LogP contribution < -0.4 is 9.62 Å². The molecule has 4 rings (SSSR count). The van der Waals surface area contributed by atoms with Crippen molar-refractivity contribution in [3.8, 4) is 11.1 Å². The average molecular weight is 392 g/mol. The summed E-state index contributed by atoms with van der Waals surface area (Å²) in [6.07, 6.45) is 1.87. The van der Waals surface area contributed by atoms with E-state index in [4.69, 9.17) is 0 Å². The molecule has 1 aliphatic heterocycles. The monoisotopic (exact) mass is 392 g/mol. The summed E-state index contributed by atoms with van der Waals surface area (Å²) in [4.78, 5) is 12.7. The van der Waals surface area contributed by atoms with E-state index in [0.29, 0.717) is 29.9 Å². The van der Waals surface area contributed by atoms with E-state index in [1.54, 1.807) is 12.1 Å². The van der Waals surface area contributed by atoms with Gasteiger partial charge in [0.05, 0.1) is 11.9 Å². The van der Waals surface area contributed by atoms with Crippen molar-refractivity contribution in [2.75, 3.05) is 22.4 Å². The van der Waals surface area contributed by atoms with Crippen LogP contribution in [0.1, 0.15) is 15.9 Å². The second-order valence-electron chi connectivity index (χ2n) is 6.83. The highest BCUT2D eigenvalue weighted by Crippen LogP contribution is 2.32. The molecule has 3 aromatic carbocycles. The minimum absolute atomic E-state index is 0.235. The third-order valence-electron chi connectivity index (χ3n) is 4.83. The van der Waals surface area contributed by atoms with Crippen molar-refractivity contribution in [2.24, 2.45) is 0 Å². The Balaban J connectivity index is 1.58. The fraction of sp³-hybridized carbons (Fsp3) is 0.136. The third-order valence-corrected chi connectivity index (χ3v) is 6.01. The van der Waals surface area contributed by atoms with E-state index in [-0.39, 0.29) is 5.91 Å². The summed E-state index contributed by atoms with van der Waals surface area (Å²) in [5.74, 6) is -0.235. The van der Waals surface area contributed by atoms with Crippen LogP contribution in [0.25, 0.3) is 11.1 Å². The molecule has 0 unspecified atom stereocenters. The van der Waals surface area contributed by atoms with E-state index in [9.17, 15) is 13.2 Å². The first-order chi connectivity index (χ1) is 13.4. The van der Waals surface area contributed by atoms with Crippen LogP contribution in [0.3, 0.4) is 0 Å². The van der Waals surface area contributed by atoms with Crippen LogP contribution >= 0.6 is 0 Å². The molecule has 28 heavy (non-hydrogen) atoms. The number of carbonyl (C=O) groups is 1. The maximum Gasteiger partial charge on any atom is 0.255 e. The first kappa shape index (κ1) is 18.3. The quantitative estimate of drug-likeness (QED) is 0.732. The van der Waals surface area contributed by atoms with Crippen LogP contribution in [0, 0.1) is 0 Å². The van der Waals surface area contributed by atoms with Gasteiger partial charge in [0.25, 0.3) is 5.91 Å². The van der Waals surface area contributed by atoms with Crippen molar-refractivity contribution in [1.82, 2.24) is 0 Å². The number of rotatable bonds is 4. The molecule has 1 amide bonds. The van der Waals surface area contributed by atoms with Crippen molar-refractivity contribution in [1.29, 1.82) is 0 Å². The maximum absolute atomic E-state index is 12.7. The SMILES string of the molecule is CS(=O)(=O)N1CCc2ccc(NC(=O)c3cccc(-c4ccccc4)c3)cc21. The number of benzene rings is 3. The Morgan fingerprint density at radius 1 is 0.929 bits per heavy atom. The first-order valence-electron chi connectivity index (χ1n) is 8.99. The van der Waals surface area contributed by atoms with Gasteiger partial charge in [-0.05, 0) is 47.4 Å². The fourth-order valence-electron chi connectivity index (χ4n) is 3.45. The van der Waals surface area contributed by atoms with E-state index in [1.165, 1.54) is 10.6 Å². The van der Waals surface area contributed by atoms with E-state index >= 15 is 0 Å². The van der Waals surface area contributed by atoms with Gasteiger partial charge in [-0.15, -0.1) is 0 Å². The molecule has 142 valence electrons. The van der Waals surface area contributed by atoms with Crippen LogP contribution in [-0.4, -0.2) is 27.1 Å². The van der Waals surface area contributed by atoms with Gasteiger partial charge in [-0.1, -0.05) is 48.5 Å². The Kier molecular flexibility index (Phi) is 4.65. The van der Waals surface area contributed by atoms with Gasteiger partial charge in [0.1, 0.15) is 0 Å². The molecule has 0 fully saturated rings. The molecule has 0 radical (unpaired) electrons. The van der Waals surface area contributed by atoms with Crippen LogP contribution in [0.4, 0.5) is 11.4 Å². The molecule has 0 spiro atoms. The molecular weight excluding hydrogens is 372 g/mol. The van der Waals surface area contributed by atoms with Gasteiger partial charge in [0.2, 0.25) is 10.0 Å². The second-order valence-corrected chi connectivity index (χ2v) is 8.74. The summed E-state index contributed by atoms with van der Waals surface area (Å²) < 4.78 is 25.3. The number of anilines is 2. The van der Waals surface area contributed by atoms with E-state index in [2.05, 4.69) is 5.32 Å². The number of sulfonamides is 1. The second kappa shape index (κ2) is 7.13. The van der Waals surface area contributed by atoms with Crippen molar-refractivity contribution in [2.45, 2.75) is 6.42 Å². The predicted octanol–water partition coefficient (Wildman–Crippen LogP) is 3.93. The molecule has 1 heterocycles. The van der Waals surface area contributed by atoms with E-state index in [1.807, 2.05) is 60.7 Å². The predicted molar refractivity (Wildman–Crippen MR) is 112 cm³/mol. The maximum atomic E-state index is 12.7. The Labute approximate surface area is 164 Å². The summed E-state index contributed by atoms with van der Waals surface area (Å²) in [7, 11) is -3.33.